The summed E-state index contributed by atoms with van der Waals surface area (Å²) in [6.07, 6.45) is 141. The third-order valence-electron chi connectivity index (χ3n) is 50.1. The summed E-state index contributed by atoms with van der Waals surface area (Å²) in [6, 6.07) is 0. The summed E-state index contributed by atoms with van der Waals surface area (Å²) >= 11 is 0. The highest BCUT2D eigenvalue weighted by Crippen LogP contribution is 2.66. The number of fused-ring (bicyclic) bond motifs is 23. The van der Waals surface area contributed by atoms with Crippen LogP contribution in [0.2, 0.25) is 0 Å². The molecule has 0 heterocycles. The smallest absolute Gasteiger partial charge is 0.0297 e. The van der Waals surface area contributed by atoms with Gasteiger partial charge in [0.2, 0.25) is 0 Å². The average molecular weight is 1740 g/mol. The lowest BCUT2D eigenvalue weighted by molar-refractivity contribution is -0.0786. The van der Waals surface area contributed by atoms with Gasteiger partial charge in [-0.15, -0.1) is 0 Å². The Bertz CT molecular complexity index is 3030. The Morgan fingerprint density at radius 1 is 0.0945 bits per heavy atom. The van der Waals surface area contributed by atoms with Gasteiger partial charge in [-0.3, -0.25) is 0 Å². The third kappa shape index (κ3) is 22.7. The molecule has 34 aliphatic rings. The van der Waals surface area contributed by atoms with Crippen molar-refractivity contribution in [2.45, 2.75) is 578 Å². The van der Waals surface area contributed by atoms with Crippen molar-refractivity contribution in [1.29, 1.82) is 0 Å². The van der Waals surface area contributed by atoms with Crippen molar-refractivity contribution < 1.29 is 0 Å². The normalized spacial score (nSPS) is 48.2. The van der Waals surface area contributed by atoms with E-state index in [2.05, 4.69) is 0 Å². The topological polar surface area (TPSA) is 0 Å². The van der Waals surface area contributed by atoms with Gasteiger partial charge in [0.1, 0.15) is 0 Å². The molecule has 127 heavy (non-hydrogen) atoms. The highest BCUT2D eigenvalue weighted by Gasteiger charge is 2.56. The van der Waals surface area contributed by atoms with E-state index in [0.717, 1.165) is 63.6 Å². The zero-order valence-corrected chi connectivity index (χ0v) is 84.8. The van der Waals surface area contributed by atoms with Gasteiger partial charge >= 0.3 is 0 Å². The van der Waals surface area contributed by atoms with Gasteiger partial charge in [-0.1, -0.05) is 302 Å². The minimum absolute atomic E-state index is 0.858. The molecule has 0 amide bonds. The highest BCUT2D eigenvalue weighted by molar-refractivity contribution is 5.06. The van der Waals surface area contributed by atoms with Crippen LogP contribution in [0.1, 0.15) is 578 Å². The van der Waals surface area contributed by atoms with Crippen LogP contribution in [0.4, 0.5) is 0 Å². The zero-order valence-electron chi connectivity index (χ0n) is 84.8. The molecule has 34 aliphatic carbocycles. The Morgan fingerprint density at radius 3 is 0.535 bits per heavy atom. The van der Waals surface area contributed by atoms with E-state index in [9.17, 15) is 0 Å². The van der Waals surface area contributed by atoms with Crippen molar-refractivity contribution in [3.05, 3.63) is 0 Å². The molecule has 34 rings (SSSR count). The van der Waals surface area contributed by atoms with Crippen LogP contribution in [0.5, 0.6) is 0 Å². The first-order chi connectivity index (χ1) is 62.8. The van der Waals surface area contributed by atoms with E-state index in [4.69, 9.17) is 0 Å². The van der Waals surface area contributed by atoms with Gasteiger partial charge in [0.15, 0.2) is 0 Å². The number of hydrogen-bond acceptors (Lipinski definition) is 0. The molecule has 0 N–H and O–H groups in total. The highest BCUT2D eigenvalue weighted by atomic mass is 14.6. The first-order valence-corrected chi connectivity index (χ1v) is 62.8. The third-order valence-corrected chi connectivity index (χ3v) is 50.1. The van der Waals surface area contributed by atoms with Crippen molar-refractivity contribution in [2.75, 3.05) is 0 Å². The van der Waals surface area contributed by atoms with Gasteiger partial charge in [0.05, 0.1) is 0 Å². The second-order valence-corrected chi connectivity index (χ2v) is 56.3. The van der Waals surface area contributed by atoms with Crippen molar-refractivity contribution in [3.63, 3.8) is 0 Å². The molecule has 6 bridgehead atoms. The van der Waals surface area contributed by atoms with Crippen molar-refractivity contribution in [3.8, 4) is 0 Å². The first kappa shape index (κ1) is 93.3. The van der Waals surface area contributed by atoms with E-state index in [1.807, 2.05) is 0 Å². The van der Waals surface area contributed by atoms with Crippen molar-refractivity contribution >= 4 is 0 Å². The van der Waals surface area contributed by atoms with Gasteiger partial charge in [0.25, 0.3) is 0 Å². The van der Waals surface area contributed by atoms with Gasteiger partial charge in [0, 0.05) is 0 Å². The van der Waals surface area contributed by atoms with Crippen LogP contribution >= 0.6 is 0 Å². The fourth-order valence-corrected chi connectivity index (χ4v) is 42.9. The quantitative estimate of drug-likeness (QED) is 0.227. The summed E-state index contributed by atoms with van der Waals surface area (Å²) in [4.78, 5) is 0. The molecule has 0 nitrogen and oxygen atoms in total. The van der Waals surface area contributed by atoms with E-state index in [1.165, 1.54) is 250 Å². The maximum atomic E-state index is 1.64. The van der Waals surface area contributed by atoms with E-state index in [0.29, 0.717) is 0 Å². The van der Waals surface area contributed by atoms with Gasteiger partial charge in [-0.05, 0) is 494 Å². The van der Waals surface area contributed by atoms with E-state index < -0.39 is 0 Å². The second-order valence-electron chi connectivity index (χ2n) is 56.3. The van der Waals surface area contributed by atoms with E-state index in [1.54, 1.807) is 482 Å². The molecule has 0 aliphatic heterocycles. The average Bonchev–Trinajstić information content (AvgIpc) is 1.21. The Morgan fingerprint density at radius 2 is 0.276 bits per heavy atom. The lowest BCUT2D eigenvalue weighted by atomic mass is 9.48. The molecule has 0 aromatic carbocycles. The van der Waals surface area contributed by atoms with Crippen molar-refractivity contribution in [2.24, 2.45) is 217 Å². The first-order valence-electron chi connectivity index (χ1n) is 62.8. The molecule has 0 aromatic rings. The summed E-state index contributed by atoms with van der Waals surface area (Å²) in [5.74, 6) is 40.0. The van der Waals surface area contributed by atoms with Gasteiger partial charge in [-0.2, -0.15) is 0 Å². The molecule has 26 unspecified atom stereocenters. The van der Waals surface area contributed by atoms with Gasteiger partial charge < -0.3 is 0 Å². The van der Waals surface area contributed by atoms with Crippen LogP contribution in [-0.2, 0) is 0 Å². The number of rotatable bonds is 0. The predicted octanol–water partition coefficient (Wildman–Crippen LogP) is 39.3. The summed E-state index contributed by atoms with van der Waals surface area (Å²) in [5, 5.41) is 0. The maximum absolute atomic E-state index is 1.64. The Hall–Kier alpha value is 0. The van der Waals surface area contributed by atoms with Crippen LogP contribution in [0.15, 0.2) is 0 Å². The molecular formula is C127H214. The van der Waals surface area contributed by atoms with Crippen molar-refractivity contribution in [1.82, 2.24) is 0 Å². The predicted molar refractivity (Wildman–Crippen MR) is 541 cm³/mol. The lowest BCUT2D eigenvalue weighted by Gasteiger charge is -2.57. The fraction of sp³-hybridized carbons (Fsp3) is 1.00. The lowest BCUT2D eigenvalue weighted by Crippen LogP contribution is -2.49. The fourth-order valence-electron chi connectivity index (χ4n) is 42.9. The van der Waals surface area contributed by atoms with Crippen LogP contribution in [0.3, 0.4) is 0 Å². The molecule has 0 radical (unpaired) electrons. The summed E-state index contributed by atoms with van der Waals surface area (Å²) in [6.45, 7) is 0. The zero-order chi connectivity index (χ0) is 84.8. The summed E-state index contributed by atoms with van der Waals surface area (Å²) < 4.78 is 0. The molecule has 34 fully saturated rings. The summed E-state index contributed by atoms with van der Waals surface area (Å²) in [5.41, 5.74) is 2.66. The molecule has 722 valence electrons. The number of hydrogen-bond donors (Lipinski definition) is 0. The molecule has 0 aromatic heterocycles. The minimum Gasteiger partial charge on any atom is -0.0533 e. The Kier molecular flexibility index (Phi) is 32.8. The molecule has 3 spiro atoms. The molecule has 0 saturated heterocycles. The molecule has 34 saturated carbocycles. The maximum Gasteiger partial charge on any atom is -0.0297 e. The largest absolute Gasteiger partial charge is 0.0533 e. The van der Waals surface area contributed by atoms with Crippen LogP contribution < -0.4 is 0 Å². The molecule has 0 heteroatoms. The SMILES string of the molecule is C1C2CC1C2.C1CC2CC(C1)C2.C1CC2CC1C2.C1CC2CCCC2C2CC2C1.C1CC2CCCC3CCC(C1)C23.C1CCC2(CC1)CC2.C1CCC2(CC1)CCCC2.C1CCC2(CC1)CCCCC2.C1CCC2C(C1)CCC1C2CCC2C3CCCCC3CCC21.C1CCC2C(C1)CCC1C3CCCC3CCC21.C1CCC2C(C1)CCC1C3CCCCC3CCC21. The van der Waals surface area contributed by atoms with Gasteiger partial charge in [-0.25, -0.2) is 0 Å². The second kappa shape index (κ2) is 44.6. The monoisotopic (exact) mass is 1740 g/mol. The van der Waals surface area contributed by atoms with Crippen LogP contribution in [0.25, 0.3) is 0 Å². The van der Waals surface area contributed by atoms with Crippen LogP contribution in [-0.4, -0.2) is 0 Å². The van der Waals surface area contributed by atoms with E-state index >= 15 is 0 Å². The molecule has 26 atom stereocenters. The Balaban J connectivity index is 0.0000000870. The minimum atomic E-state index is 0.858. The summed E-state index contributed by atoms with van der Waals surface area (Å²) in [7, 11) is 0. The Labute approximate surface area is 790 Å². The molecular weight excluding hydrogens is 1530 g/mol. The standard InChI is InChI=1S/C22H36.C18H30.C17H28.C12H20.C11H18.C11H20.C10H18.C8H14.C7H12.C6H10.C5H8/c1-3-7-17-15(5-1)9-11-21-19(17)13-14-20-18-8-4-2-6-16(18)10-12-22(20)21;1-3-7-15-13(5-1)9-11-18-16-8-4-2-6-14(16)10-12-17(15)18;1-2-6-14-12(4-1)8-10-17-15-7-3-5-13(15)9-11-16(14)17;1-3-9-4-2-6-11-8-7-10(5-1)12(9)11;1-3-8-4-2-6-10(8)11-7-9(11)5-1;1-3-7-11(8-4-1)9-5-2-6-10-11;1-2-6-10(7-3-1)8-4-5-9-10;1-2-4-8(5-3-1)6-7-8;1-2-6-4-7(3-1)5-6;1-2-6-3-5(1)4-6;1-4-2-5(1)3-4/h15-22H,1-14H2;13-18H,1-12H2;12-17H,1-11H2;9-12H,1-8H2;8-11H,1-7H2;1-10H2;1-9H2;1-7H2;6-7H,1-5H2;5-6H,1-4H2;4-5H,1-3H2. The van der Waals surface area contributed by atoms with E-state index in [-0.39, 0.29) is 0 Å². The van der Waals surface area contributed by atoms with Crippen LogP contribution in [0, 0.1) is 217 Å².